The minimum Gasteiger partial charge on any atom is -0.497 e. The van der Waals surface area contributed by atoms with Gasteiger partial charge in [-0.25, -0.2) is 4.98 Å². The molecule has 0 saturated carbocycles. The largest absolute Gasteiger partial charge is 0.497 e. The summed E-state index contributed by atoms with van der Waals surface area (Å²) >= 11 is 0. The molecule has 114 valence electrons. The van der Waals surface area contributed by atoms with E-state index >= 15 is 0 Å². The highest BCUT2D eigenvalue weighted by molar-refractivity contribution is 5.89. The number of aryl methyl sites for hydroxylation is 2. The second-order valence-electron chi connectivity index (χ2n) is 5.76. The van der Waals surface area contributed by atoms with Gasteiger partial charge in [0.25, 0.3) is 0 Å². The Hall–Kier alpha value is -2.81. The molecular formula is C20H17NO2. The van der Waals surface area contributed by atoms with Crippen LogP contribution in [0.1, 0.15) is 11.1 Å². The van der Waals surface area contributed by atoms with Gasteiger partial charge in [-0.1, -0.05) is 24.3 Å². The van der Waals surface area contributed by atoms with Gasteiger partial charge in [-0.15, -0.1) is 0 Å². The van der Waals surface area contributed by atoms with E-state index in [0.717, 1.165) is 50.2 Å². The molecule has 23 heavy (non-hydrogen) atoms. The molecule has 4 rings (SSSR count). The van der Waals surface area contributed by atoms with Gasteiger partial charge in [0.05, 0.1) is 12.6 Å². The number of aromatic nitrogens is 1. The quantitative estimate of drug-likeness (QED) is 0.506. The van der Waals surface area contributed by atoms with Crippen LogP contribution in [0.2, 0.25) is 0 Å². The molecule has 3 nitrogen and oxygen atoms in total. The SMILES string of the molecule is COc1cc(C)c2nc(-c3oc4ccccc4c3C)ccc2c1. The van der Waals surface area contributed by atoms with Crippen LogP contribution in [-0.4, -0.2) is 12.1 Å². The number of furan rings is 1. The smallest absolute Gasteiger partial charge is 0.156 e. The zero-order valence-electron chi connectivity index (χ0n) is 13.4. The summed E-state index contributed by atoms with van der Waals surface area (Å²) in [6, 6.07) is 16.2. The summed E-state index contributed by atoms with van der Waals surface area (Å²) in [6.45, 7) is 4.13. The third kappa shape index (κ3) is 2.16. The number of fused-ring (bicyclic) bond motifs is 2. The average Bonchev–Trinajstić information content (AvgIpc) is 2.92. The van der Waals surface area contributed by atoms with Crippen LogP contribution in [0.3, 0.4) is 0 Å². The Labute approximate surface area is 134 Å². The maximum atomic E-state index is 6.03. The maximum absolute atomic E-state index is 6.03. The second-order valence-corrected chi connectivity index (χ2v) is 5.76. The summed E-state index contributed by atoms with van der Waals surface area (Å²) in [6.07, 6.45) is 0. The number of methoxy groups -OCH3 is 1. The number of pyridine rings is 1. The third-order valence-electron chi connectivity index (χ3n) is 4.27. The van der Waals surface area contributed by atoms with E-state index in [4.69, 9.17) is 14.1 Å². The minimum atomic E-state index is 0.836. The van der Waals surface area contributed by atoms with Crippen molar-refractivity contribution in [2.75, 3.05) is 7.11 Å². The standard InChI is InChI=1S/C20H17NO2/c1-12-10-15(22-3)11-14-8-9-17(21-19(12)14)20-13(2)16-6-4-5-7-18(16)23-20/h4-11H,1-3H3. The molecule has 0 aliphatic carbocycles. The van der Waals surface area contributed by atoms with E-state index < -0.39 is 0 Å². The lowest BCUT2D eigenvalue weighted by Gasteiger charge is -2.07. The van der Waals surface area contributed by atoms with E-state index in [9.17, 15) is 0 Å². The summed E-state index contributed by atoms with van der Waals surface area (Å²) in [5.41, 5.74) is 4.95. The fourth-order valence-corrected chi connectivity index (χ4v) is 3.04. The summed E-state index contributed by atoms with van der Waals surface area (Å²) in [4.78, 5) is 4.83. The van der Waals surface area contributed by atoms with E-state index in [1.54, 1.807) is 7.11 Å². The molecule has 2 heterocycles. The van der Waals surface area contributed by atoms with E-state index in [1.807, 2.05) is 43.3 Å². The number of nitrogens with zero attached hydrogens (tertiary/aromatic N) is 1. The van der Waals surface area contributed by atoms with Gasteiger partial charge in [-0.05, 0) is 43.7 Å². The van der Waals surface area contributed by atoms with Crippen molar-refractivity contribution in [1.82, 2.24) is 4.98 Å². The number of hydrogen-bond donors (Lipinski definition) is 0. The highest BCUT2D eigenvalue weighted by Gasteiger charge is 2.14. The van der Waals surface area contributed by atoms with Gasteiger partial charge in [-0.3, -0.25) is 0 Å². The van der Waals surface area contributed by atoms with E-state index in [2.05, 4.69) is 19.1 Å². The summed E-state index contributed by atoms with van der Waals surface area (Å²) in [5.74, 6) is 1.69. The van der Waals surface area contributed by atoms with E-state index in [-0.39, 0.29) is 0 Å². The Balaban J connectivity index is 1.94. The monoisotopic (exact) mass is 303 g/mol. The van der Waals surface area contributed by atoms with E-state index in [1.165, 1.54) is 0 Å². The van der Waals surface area contributed by atoms with E-state index in [0.29, 0.717) is 0 Å². The van der Waals surface area contributed by atoms with Gasteiger partial charge in [0.15, 0.2) is 5.76 Å². The maximum Gasteiger partial charge on any atom is 0.156 e. The van der Waals surface area contributed by atoms with Crippen LogP contribution in [-0.2, 0) is 0 Å². The van der Waals surface area contributed by atoms with Crippen LogP contribution in [0, 0.1) is 13.8 Å². The summed E-state index contributed by atoms with van der Waals surface area (Å²) < 4.78 is 11.4. The number of ether oxygens (including phenoxy) is 1. The van der Waals surface area contributed by atoms with Crippen LogP contribution in [0.4, 0.5) is 0 Å². The molecule has 0 saturated heterocycles. The molecule has 3 heteroatoms. The molecule has 0 aliphatic heterocycles. The van der Waals surface area contributed by atoms with Gasteiger partial charge < -0.3 is 9.15 Å². The fraction of sp³-hybridized carbons (Fsp3) is 0.150. The van der Waals surface area contributed by atoms with Crippen molar-refractivity contribution >= 4 is 21.9 Å². The topological polar surface area (TPSA) is 35.3 Å². The molecule has 2 aromatic heterocycles. The van der Waals surface area contributed by atoms with Gasteiger partial charge in [0.1, 0.15) is 17.0 Å². The van der Waals surface area contributed by atoms with Gasteiger partial charge in [0, 0.05) is 16.3 Å². The lowest BCUT2D eigenvalue weighted by atomic mass is 10.1. The number of rotatable bonds is 2. The zero-order valence-corrected chi connectivity index (χ0v) is 13.4. The average molecular weight is 303 g/mol. The van der Waals surface area contributed by atoms with Crippen molar-refractivity contribution in [2.45, 2.75) is 13.8 Å². The van der Waals surface area contributed by atoms with Crippen molar-refractivity contribution in [3.63, 3.8) is 0 Å². The lowest BCUT2D eigenvalue weighted by Crippen LogP contribution is -1.90. The zero-order chi connectivity index (χ0) is 16.0. The first kappa shape index (κ1) is 13.8. The van der Waals surface area contributed by atoms with Crippen molar-refractivity contribution < 1.29 is 9.15 Å². The molecule has 0 N–H and O–H groups in total. The molecule has 0 amide bonds. The first-order chi connectivity index (χ1) is 11.2. The van der Waals surface area contributed by atoms with Gasteiger partial charge in [0.2, 0.25) is 0 Å². The highest BCUT2D eigenvalue weighted by Crippen LogP contribution is 2.33. The Morgan fingerprint density at radius 3 is 2.61 bits per heavy atom. The molecule has 0 unspecified atom stereocenters. The summed E-state index contributed by atoms with van der Waals surface area (Å²) in [7, 11) is 1.68. The molecule has 0 fully saturated rings. The van der Waals surface area contributed by atoms with Gasteiger partial charge >= 0.3 is 0 Å². The van der Waals surface area contributed by atoms with Crippen molar-refractivity contribution in [1.29, 1.82) is 0 Å². The first-order valence-corrected chi connectivity index (χ1v) is 7.61. The Morgan fingerprint density at radius 1 is 1.00 bits per heavy atom. The van der Waals surface area contributed by atoms with Crippen molar-refractivity contribution in [3.05, 3.63) is 59.7 Å². The molecule has 0 aliphatic rings. The molecule has 0 atom stereocenters. The Morgan fingerprint density at radius 2 is 1.83 bits per heavy atom. The normalized spacial score (nSPS) is 11.3. The number of benzene rings is 2. The molecule has 2 aromatic carbocycles. The Kier molecular flexibility index (Phi) is 3.08. The molecule has 0 bridgehead atoms. The number of para-hydroxylation sites is 1. The molecule has 4 aromatic rings. The predicted molar refractivity (Wildman–Crippen MR) is 93.0 cm³/mol. The van der Waals surface area contributed by atoms with Crippen molar-refractivity contribution in [2.24, 2.45) is 0 Å². The minimum absolute atomic E-state index is 0.836. The lowest BCUT2D eigenvalue weighted by molar-refractivity contribution is 0.415. The van der Waals surface area contributed by atoms with Crippen molar-refractivity contribution in [3.8, 4) is 17.2 Å². The fourth-order valence-electron chi connectivity index (χ4n) is 3.04. The highest BCUT2D eigenvalue weighted by atomic mass is 16.5. The summed E-state index contributed by atoms with van der Waals surface area (Å²) in [5, 5.41) is 2.20. The second kappa shape index (κ2) is 5.13. The molecular weight excluding hydrogens is 286 g/mol. The predicted octanol–water partition coefficient (Wildman–Crippen LogP) is 5.27. The molecule has 0 radical (unpaired) electrons. The third-order valence-corrected chi connectivity index (χ3v) is 4.27. The first-order valence-electron chi connectivity index (χ1n) is 7.61. The molecule has 0 spiro atoms. The van der Waals surface area contributed by atoms with Crippen LogP contribution in [0.15, 0.2) is 52.9 Å². The number of hydrogen-bond acceptors (Lipinski definition) is 3. The van der Waals surface area contributed by atoms with Crippen LogP contribution >= 0.6 is 0 Å². The van der Waals surface area contributed by atoms with Gasteiger partial charge in [-0.2, -0.15) is 0 Å². The Bertz CT molecular complexity index is 1030. The van der Waals surface area contributed by atoms with Crippen LogP contribution in [0.25, 0.3) is 33.3 Å². The van der Waals surface area contributed by atoms with Crippen LogP contribution < -0.4 is 4.74 Å². The van der Waals surface area contributed by atoms with Crippen LogP contribution in [0.5, 0.6) is 5.75 Å².